The molecule has 2 atom stereocenters. The van der Waals surface area contributed by atoms with E-state index in [1.165, 1.54) is 19.3 Å². The van der Waals surface area contributed by atoms with Crippen LogP contribution in [0, 0.1) is 5.82 Å². The molecule has 0 aliphatic carbocycles. The van der Waals surface area contributed by atoms with Crippen LogP contribution in [0.25, 0.3) is 11.0 Å². The van der Waals surface area contributed by atoms with Crippen molar-refractivity contribution in [2.75, 3.05) is 56.5 Å². The van der Waals surface area contributed by atoms with E-state index in [1.54, 1.807) is 12.1 Å². The number of likely N-dealkylation sites (N-methyl/N-ethyl adjacent to an activating group) is 1. The first-order valence-electron chi connectivity index (χ1n) is 13.4. The maximum Gasteiger partial charge on any atom is 0.240 e. The zero-order valence-corrected chi connectivity index (χ0v) is 22.8. The lowest BCUT2D eigenvalue weighted by atomic mass is 10.0. The zero-order valence-electron chi connectivity index (χ0n) is 22.8. The van der Waals surface area contributed by atoms with Gasteiger partial charge in [-0.1, -0.05) is 18.2 Å². The normalized spacial score (nSPS) is 19.0. The fourth-order valence-electron chi connectivity index (χ4n) is 5.23. The first-order chi connectivity index (χ1) is 18.2. The van der Waals surface area contributed by atoms with E-state index < -0.39 is 18.0 Å². The third kappa shape index (κ3) is 5.37. The van der Waals surface area contributed by atoms with Crippen molar-refractivity contribution in [2.45, 2.75) is 52.1 Å². The summed E-state index contributed by atoms with van der Waals surface area (Å²) in [5, 5.41) is 4.05. The van der Waals surface area contributed by atoms with Gasteiger partial charge in [-0.3, -0.25) is 9.80 Å². The molecule has 0 radical (unpaired) electrons. The minimum Gasteiger partial charge on any atom is -0.470 e. The number of hydrogen-bond donors (Lipinski definition) is 1. The number of piperazine rings is 1. The Balaban J connectivity index is 1.48. The van der Waals surface area contributed by atoms with Crippen LogP contribution in [0.5, 0.6) is 5.88 Å². The molecular weight excluding hydrogens is 488 g/mol. The van der Waals surface area contributed by atoms with Gasteiger partial charge in [0, 0.05) is 56.4 Å². The van der Waals surface area contributed by atoms with Crippen molar-refractivity contribution in [1.82, 2.24) is 24.8 Å². The molecule has 4 heterocycles. The van der Waals surface area contributed by atoms with Gasteiger partial charge < -0.3 is 15.0 Å². The summed E-state index contributed by atoms with van der Waals surface area (Å²) in [4.78, 5) is 20.7. The van der Waals surface area contributed by atoms with E-state index in [1.807, 2.05) is 13.0 Å². The van der Waals surface area contributed by atoms with Crippen LogP contribution < -0.4 is 15.0 Å². The molecule has 1 aromatic carbocycles. The van der Waals surface area contributed by atoms with Crippen molar-refractivity contribution >= 4 is 22.5 Å². The van der Waals surface area contributed by atoms with Gasteiger partial charge in [-0.25, -0.2) is 18.7 Å². The molecule has 1 N–H and O–H groups in total. The molecule has 2 fully saturated rings. The number of halogens is 2. The lowest BCUT2D eigenvalue weighted by molar-refractivity contribution is 0.0360. The molecule has 0 amide bonds. The number of ether oxygens (including phenoxy) is 1. The average molecular weight is 526 g/mol. The summed E-state index contributed by atoms with van der Waals surface area (Å²) in [7, 11) is 2.07. The number of pyridine rings is 1. The fourth-order valence-corrected chi connectivity index (χ4v) is 5.23. The molecular formula is C28H37F2N7O. The number of anilines is 2. The Kier molecular flexibility index (Phi) is 7.63. The number of nitrogens with zero attached hydrogens (tertiary/aromatic N) is 6. The molecule has 2 saturated heterocycles. The lowest BCUT2D eigenvalue weighted by Crippen LogP contribution is -2.52. The van der Waals surface area contributed by atoms with Gasteiger partial charge in [0.15, 0.2) is 5.65 Å². The Morgan fingerprint density at radius 3 is 2.39 bits per heavy atom. The van der Waals surface area contributed by atoms with Crippen molar-refractivity contribution in [3.05, 3.63) is 47.5 Å². The highest BCUT2D eigenvalue weighted by molar-refractivity contribution is 5.90. The Hall–Kier alpha value is -3.11. The summed E-state index contributed by atoms with van der Waals surface area (Å²) >= 11 is 0. The number of aromatic nitrogens is 3. The number of rotatable bonds is 8. The zero-order chi connectivity index (χ0) is 27.0. The van der Waals surface area contributed by atoms with Crippen LogP contribution in [0.1, 0.15) is 51.0 Å². The van der Waals surface area contributed by atoms with Gasteiger partial charge >= 0.3 is 0 Å². The van der Waals surface area contributed by atoms with E-state index >= 15 is 4.39 Å². The Labute approximate surface area is 223 Å². The minimum atomic E-state index is -1.39. The standard InChI is InChI=1S/C28H37F2N7O/c1-17(2)36-9-11-37(12-10-36)24-13-23-26(33-19(4)22-8-6-7-21(18(3)29)25(22)30)31-16-32-27(23)34-28(24)38-20-14-35(5)15-20/h6-8,13,16-20H,9-12,14-15H2,1-5H3,(H,31,32,33,34)/t18?,19-/m1/s1. The van der Waals surface area contributed by atoms with E-state index in [4.69, 9.17) is 9.72 Å². The molecule has 0 bridgehead atoms. The number of benzene rings is 1. The Morgan fingerprint density at radius 1 is 1.03 bits per heavy atom. The van der Waals surface area contributed by atoms with Crippen LogP contribution in [-0.4, -0.2) is 83.2 Å². The summed E-state index contributed by atoms with van der Waals surface area (Å²) in [6, 6.07) is 6.91. The van der Waals surface area contributed by atoms with Gasteiger partial charge in [0.2, 0.25) is 5.88 Å². The molecule has 5 rings (SSSR count). The maximum absolute atomic E-state index is 15.1. The highest BCUT2D eigenvalue weighted by atomic mass is 19.1. The molecule has 2 aliphatic heterocycles. The van der Waals surface area contributed by atoms with Crippen LogP contribution in [0.4, 0.5) is 20.3 Å². The minimum absolute atomic E-state index is 0.0524. The van der Waals surface area contributed by atoms with Crippen molar-refractivity contribution in [2.24, 2.45) is 0 Å². The first kappa shape index (κ1) is 26.5. The van der Waals surface area contributed by atoms with Crippen LogP contribution in [0.3, 0.4) is 0 Å². The topological polar surface area (TPSA) is 69.7 Å². The van der Waals surface area contributed by atoms with Gasteiger partial charge in [-0.05, 0) is 40.8 Å². The molecule has 2 aromatic heterocycles. The summed E-state index contributed by atoms with van der Waals surface area (Å²) in [5.41, 5.74) is 1.86. The van der Waals surface area contributed by atoms with E-state index in [0.29, 0.717) is 29.0 Å². The van der Waals surface area contributed by atoms with Crippen molar-refractivity contribution in [1.29, 1.82) is 0 Å². The number of fused-ring (bicyclic) bond motifs is 1. The van der Waals surface area contributed by atoms with Gasteiger partial charge in [0.25, 0.3) is 0 Å². The molecule has 0 spiro atoms. The highest BCUT2D eigenvalue weighted by Gasteiger charge is 2.29. The summed E-state index contributed by atoms with van der Waals surface area (Å²) < 4.78 is 35.4. The van der Waals surface area contributed by atoms with Gasteiger partial charge in [0.1, 0.15) is 35.9 Å². The number of nitrogens with one attached hydrogen (secondary N) is 1. The van der Waals surface area contributed by atoms with Gasteiger partial charge in [-0.2, -0.15) is 4.98 Å². The fraction of sp³-hybridized carbons (Fsp3) is 0.536. The number of alkyl halides is 1. The van der Waals surface area contributed by atoms with Gasteiger partial charge in [-0.15, -0.1) is 0 Å². The third-order valence-corrected chi connectivity index (χ3v) is 7.57. The molecule has 38 heavy (non-hydrogen) atoms. The second-order valence-corrected chi connectivity index (χ2v) is 10.7. The highest BCUT2D eigenvalue weighted by Crippen LogP contribution is 2.35. The van der Waals surface area contributed by atoms with Crippen LogP contribution >= 0.6 is 0 Å². The molecule has 1 unspecified atom stereocenters. The molecule has 2 aliphatic rings. The summed E-state index contributed by atoms with van der Waals surface area (Å²) in [6.45, 7) is 13.0. The molecule has 204 valence electrons. The van der Waals surface area contributed by atoms with Gasteiger partial charge in [0.05, 0.1) is 11.4 Å². The van der Waals surface area contributed by atoms with E-state index in [0.717, 1.165) is 50.3 Å². The van der Waals surface area contributed by atoms with E-state index in [2.05, 4.69) is 50.9 Å². The third-order valence-electron chi connectivity index (χ3n) is 7.57. The Bertz CT molecular complexity index is 1270. The Morgan fingerprint density at radius 2 is 1.74 bits per heavy atom. The number of hydrogen-bond acceptors (Lipinski definition) is 8. The van der Waals surface area contributed by atoms with Crippen molar-refractivity contribution < 1.29 is 13.5 Å². The van der Waals surface area contributed by atoms with E-state index in [-0.39, 0.29) is 11.7 Å². The molecule has 0 saturated carbocycles. The van der Waals surface area contributed by atoms with Crippen LogP contribution in [-0.2, 0) is 0 Å². The average Bonchev–Trinajstić information content (AvgIpc) is 2.87. The molecule has 10 heteroatoms. The largest absolute Gasteiger partial charge is 0.470 e. The second-order valence-electron chi connectivity index (χ2n) is 10.7. The summed E-state index contributed by atoms with van der Waals surface area (Å²) in [5.74, 6) is 0.593. The van der Waals surface area contributed by atoms with E-state index in [9.17, 15) is 4.39 Å². The van der Waals surface area contributed by atoms with Crippen molar-refractivity contribution in [3.8, 4) is 5.88 Å². The first-order valence-corrected chi connectivity index (χ1v) is 13.4. The quantitative estimate of drug-likeness (QED) is 0.458. The predicted octanol–water partition coefficient (Wildman–Crippen LogP) is 4.59. The van der Waals surface area contributed by atoms with Crippen LogP contribution in [0.15, 0.2) is 30.6 Å². The smallest absolute Gasteiger partial charge is 0.240 e. The van der Waals surface area contributed by atoms with Crippen molar-refractivity contribution in [3.63, 3.8) is 0 Å². The predicted molar refractivity (Wildman–Crippen MR) is 146 cm³/mol. The SMILES string of the molecule is CC(F)c1cccc([C@@H](C)Nc2ncnc3nc(OC4CN(C)C4)c(N4CCN(C(C)C)CC4)cc23)c1F. The molecule has 3 aromatic rings. The maximum atomic E-state index is 15.1. The van der Waals surface area contributed by atoms with Crippen LogP contribution in [0.2, 0.25) is 0 Å². The summed E-state index contributed by atoms with van der Waals surface area (Å²) in [6.07, 6.45) is 0.148. The number of likely N-dealkylation sites (tertiary alicyclic amines) is 1. The second kappa shape index (κ2) is 10.9. The molecule has 8 nitrogen and oxygen atoms in total. The monoisotopic (exact) mass is 525 g/mol. The lowest BCUT2D eigenvalue weighted by Gasteiger charge is -2.40.